The summed E-state index contributed by atoms with van der Waals surface area (Å²) in [7, 11) is 0. The molecule has 0 saturated heterocycles. The average molecular weight is 219 g/mol. The van der Waals surface area contributed by atoms with Crippen LogP contribution >= 0.6 is 11.8 Å². The molecule has 0 amide bonds. The second-order valence-corrected chi connectivity index (χ2v) is 3.98. The van der Waals surface area contributed by atoms with E-state index in [4.69, 9.17) is 0 Å². The summed E-state index contributed by atoms with van der Waals surface area (Å²) in [5, 5.41) is 1.65. The van der Waals surface area contributed by atoms with E-state index in [-0.39, 0.29) is 0 Å². The third-order valence-electron chi connectivity index (χ3n) is 1.85. The molecule has 0 aliphatic rings. The Bertz CT molecular complexity index is 468. The van der Waals surface area contributed by atoms with Crippen molar-refractivity contribution < 1.29 is 4.79 Å². The first-order chi connectivity index (χ1) is 7.29. The van der Waals surface area contributed by atoms with Crippen molar-refractivity contribution in [3.05, 3.63) is 35.8 Å². The van der Waals surface area contributed by atoms with Crippen molar-refractivity contribution in [1.29, 1.82) is 0 Å². The maximum Gasteiger partial charge on any atom is 0.171 e. The Labute approximate surface area is 91.2 Å². The highest BCUT2D eigenvalue weighted by atomic mass is 32.2. The van der Waals surface area contributed by atoms with Crippen LogP contribution in [0.5, 0.6) is 0 Å². The molecule has 1 N–H and O–H groups in total. The van der Waals surface area contributed by atoms with E-state index in [0.717, 1.165) is 22.0 Å². The first-order valence-corrected chi connectivity index (χ1v) is 5.20. The van der Waals surface area contributed by atoms with Gasteiger partial charge in [-0.3, -0.25) is 4.79 Å². The zero-order valence-corrected chi connectivity index (χ0v) is 8.91. The van der Waals surface area contributed by atoms with Crippen LogP contribution in [0, 0.1) is 6.92 Å². The van der Waals surface area contributed by atoms with Gasteiger partial charge in [-0.2, -0.15) is 0 Å². The molecule has 0 aliphatic carbocycles. The number of imidazole rings is 1. The van der Waals surface area contributed by atoms with E-state index >= 15 is 0 Å². The van der Waals surface area contributed by atoms with Crippen LogP contribution in [-0.4, -0.2) is 21.2 Å². The molecule has 0 radical (unpaired) electrons. The summed E-state index contributed by atoms with van der Waals surface area (Å²) in [6.45, 7) is 1.92. The predicted molar refractivity (Wildman–Crippen MR) is 57.1 cm³/mol. The Morgan fingerprint density at radius 3 is 2.93 bits per heavy atom. The van der Waals surface area contributed by atoms with Crippen LogP contribution < -0.4 is 0 Å². The van der Waals surface area contributed by atoms with Crippen molar-refractivity contribution in [3.63, 3.8) is 0 Å². The maximum absolute atomic E-state index is 10.5. The van der Waals surface area contributed by atoms with Crippen molar-refractivity contribution >= 4 is 18.0 Å². The molecule has 0 saturated carbocycles. The Morgan fingerprint density at radius 1 is 1.47 bits per heavy atom. The molecule has 2 heterocycles. The molecule has 2 aromatic heterocycles. The molecule has 0 fully saturated rings. The van der Waals surface area contributed by atoms with Gasteiger partial charge in [-0.05, 0) is 30.3 Å². The summed E-state index contributed by atoms with van der Waals surface area (Å²) in [4.78, 5) is 21.8. The van der Waals surface area contributed by atoms with E-state index in [0.29, 0.717) is 5.56 Å². The number of aromatic amines is 1. The Hall–Kier alpha value is -1.62. The number of nitrogens with one attached hydrogen (secondary N) is 1. The van der Waals surface area contributed by atoms with Crippen LogP contribution in [0.3, 0.4) is 0 Å². The van der Waals surface area contributed by atoms with Crippen LogP contribution in [-0.2, 0) is 0 Å². The van der Waals surface area contributed by atoms with Gasteiger partial charge in [-0.1, -0.05) is 0 Å². The van der Waals surface area contributed by atoms with Gasteiger partial charge in [0.25, 0.3) is 0 Å². The third kappa shape index (κ3) is 2.24. The quantitative estimate of drug-likeness (QED) is 0.803. The number of nitrogens with zero attached hydrogens (tertiary/aromatic N) is 2. The van der Waals surface area contributed by atoms with Gasteiger partial charge in [0.05, 0.1) is 0 Å². The number of carbonyl (C=O) groups excluding carboxylic acids is 1. The Kier molecular flexibility index (Phi) is 2.82. The molecular formula is C10H9N3OS. The number of aldehydes is 1. The lowest BCUT2D eigenvalue weighted by Gasteiger charge is -2.02. The van der Waals surface area contributed by atoms with Crippen LogP contribution in [0.1, 0.15) is 15.9 Å². The molecular weight excluding hydrogens is 210 g/mol. The number of rotatable bonds is 3. The van der Waals surface area contributed by atoms with Gasteiger partial charge in [0.15, 0.2) is 11.4 Å². The minimum absolute atomic E-state index is 0.594. The van der Waals surface area contributed by atoms with Crippen molar-refractivity contribution in [3.8, 4) is 0 Å². The van der Waals surface area contributed by atoms with E-state index in [1.165, 1.54) is 11.8 Å². The SMILES string of the molecule is Cc1cc(C=O)cnc1Sc1ncc[nH]1. The van der Waals surface area contributed by atoms with Crippen LogP contribution in [0.2, 0.25) is 0 Å². The number of hydrogen-bond donors (Lipinski definition) is 1. The highest BCUT2D eigenvalue weighted by molar-refractivity contribution is 7.99. The fourth-order valence-corrected chi connectivity index (χ4v) is 1.90. The topological polar surface area (TPSA) is 58.6 Å². The largest absolute Gasteiger partial charge is 0.339 e. The highest BCUT2D eigenvalue weighted by Gasteiger charge is 2.05. The normalized spacial score (nSPS) is 10.2. The van der Waals surface area contributed by atoms with E-state index in [9.17, 15) is 4.79 Å². The predicted octanol–water partition coefficient (Wildman–Crippen LogP) is 2.08. The van der Waals surface area contributed by atoms with Gasteiger partial charge < -0.3 is 4.98 Å². The molecule has 2 aromatic rings. The Balaban J connectivity index is 2.26. The first-order valence-electron chi connectivity index (χ1n) is 4.38. The monoisotopic (exact) mass is 219 g/mol. The van der Waals surface area contributed by atoms with Crippen molar-refractivity contribution in [1.82, 2.24) is 15.0 Å². The molecule has 2 rings (SSSR count). The van der Waals surface area contributed by atoms with Crippen LogP contribution in [0.25, 0.3) is 0 Å². The number of pyridine rings is 1. The van der Waals surface area contributed by atoms with E-state index in [1.54, 1.807) is 18.6 Å². The van der Waals surface area contributed by atoms with E-state index in [2.05, 4.69) is 15.0 Å². The molecule has 76 valence electrons. The van der Waals surface area contributed by atoms with E-state index in [1.807, 2.05) is 13.0 Å². The fourth-order valence-electron chi connectivity index (χ4n) is 1.15. The van der Waals surface area contributed by atoms with Gasteiger partial charge in [0, 0.05) is 24.2 Å². The molecule has 5 heteroatoms. The van der Waals surface area contributed by atoms with Gasteiger partial charge in [0.1, 0.15) is 5.03 Å². The standard InChI is InChI=1S/C10H9N3OS/c1-7-4-8(6-14)5-13-9(7)15-10-11-2-3-12-10/h2-6H,1H3,(H,11,12). The second kappa shape index (κ2) is 4.27. The summed E-state index contributed by atoms with van der Waals surface area (Å²) >= 11 is 1.45. The summed E-state index contributed by atoms with van der Waals surface area (Å²) in [6.07, 6.45) is 5.81. The zero-order valence-electron chi connectivity index (χ0n) is 8.10. The number of aromatic nitrogens is 3. The summed E-state index contributed by atoms with van der Waals surface area (Å²) in [5.74, 6) is 0. The lowest BCUT2D eigenvalue weighted by molar-refractivity contribution is 0.112. The average Bonchev–Trinajstić information content (AvgIpc) is 2.74. The molecule has 0 bridgehead atoms. The summed E-state index contributed by atoms with van der Waals surface area (Å²) < 4.78 is 0. The lowest BCUT2D eigenvalue weighted by atomic mass is 10.2. The minimum Gasteiger partial charge on any atom is -0.339 e. The third-order valence-corrected chi connectivity index (χ3v) is 2.89. The Morgan fingerprint density at radius 2 is 2.33 bits per heavy atom. The van der Waals surface area contributed by atoms with Crippen molar-refractivity contribution in [2.45, 2.75) is 17.1 Å². The molecule has 0 spiro atoms. The van der Waals surface area contributed by atoms with Gasteiger partial charge in [0.2, 0.25) is 0 Å². The smallest absolute Gasteiger partial charge is 0.171 e. The number of H-pyrrole nitrogens is 1. The van der Waals surface area contributed by atoms with Crippen molar-refractivity contribution in [2.75, 3.05) is 0 Å². The molecule has 15 heavy (non-hydrogen) atoms. The number of hydrogen-bond acceptors (Lipinski definition) is 4. The zero-order chi connectivity index (χ0) is 10.7. The van der Waals surface area contributed by atoms with E-state index < -0.39 is 0 Å². The fraction of sp³-hybridized carbons (Fsp3) is 0.100. The highest BCUT2D eigenvalue weighted by Crippen LogP contribution is 2.25. The summed E-state index contributed by atoms with van der Waals surface area (Å²) in [6, 6.07) is 1.81. The van der Waals surface area contributed by atoms with Gasteiger partial charge in [-0.15, -0.1) is 0 Å². The van der Waals surface area contributed by atoms with Crippen LogP contribution in [0.15, 0.2) is 34.8 Å². The van der Waals surface area contributed by atoms with Gasteiger partial charge in [-0.25, -0.2) is 9.97 Å². The van der Waals surface area contributed by atoms with Crippen LogP contribution in [0.4, 0.5) is 0 Å². The lowest BCUT2D eigenvalue weighted by Crippen LogP contribution is -1.90. The number of aryl methyl sites for hydroxylation is 1. The first kappa shape index (κ1) is 9.92. The van der Waals surface area contributed by atoms with Crippen molar-refractivity contribution in [2.24, 2.45) is 0 Å². The maximum atomic E-state index is 10.5. The summed E-state index contributed by atoms with van der Waals surface area (Å²) in [5.41, 5.74) is 1.57. The molecule has 0 unspecified atom stereocenters. The molecule has 0 aliphatic heterocycles. The minimum atomic E-state index is 0.594. The molecule has 0 atom stereocenters. The van der Waals surface area contributed by atoms with Gasteiger partial charge >= 0.3 is 0 Å². The molecule has 0 aromatic carbocycles. The number of carbonyl (C=O) groups is 1. The second-order valence-electron chi connectivity index (χ2n) is 3.00. The molecule has 4 nitrogen and oxygen atoms in total.